The van der Waals surface area contributed by atoms with Gasteiger partial charge in [-0.1, -0.05) is 51.1 Å². The smallest absolute Gasteiger partial charge is 0.305 e. The summed E-state index contributed by atoms with van der Waals surface area (Å²) in [6.07, 6.45) is 3.51. The predicted molar refractivity (Wildman–Crippen MR) is 100 cm³/mol. The molecule has 1 aromatic rings. The van der Waals surface area contributed by atoms with Gasteiger partial charge in [0.15, 0.2) is 8.32 Å². The van der Waals surface area contributed by atoms with Crippen LogP contribution in [0.5, 0.6) is 0 Å². The van der Waals surface area contributed by atoms with E-state index in [1.54, 1.807) is 0 Å². The molecule has 1 aliphatic rings. The van der Waals surface area contributed by atoms with E-state index in [2.05, 4.69) is 58.1 Å². The molecule has 1 fully saturated rings. The Kier molecular flexibility index (Phi) is 5.60. The average molecular weight is 349 g/mol. The van der Waals surface area contributed by atoms with Crippen LogP contribution in [0.25, 0.3) is 0 Å². The van der Waals surface area contributed by atoms with Crippen molar-refractivity contribution in [3.05, 3.63) is 35.9 Å². The largest absolute Gasteiger partial charge is 0.469 e. The Balaban J connectivity index is 2.45. The molecule has 0 aliphatic heterocycles. The molecule has 1 saturated carbocycles. The Morgan fingerprint density at radius 1 is 1.25 bits per heavy atom. The van der Waals surface area contributed by atoms with Crippen LogP contribution in [0.15, 0.2) is 30.3 Å². The zero-order valence-corrected chi connectivity index (χ0v) is 17.0. The fourth-order valence-electron chi connectivity index (χ4n) is 3.50. The minimum atomic E-state index is -1.98. The third kappa shape index (κ3) is 3.75. The maximum atomic E-state index is 12.0. The van der Waals surface area contributed by atoms with E-state index in [-0.39, 0.29) is 22.5 Å². The third-order valence-corrected chi connectivity index (χ3v) is 10.4. The Labute approximate surface area is 147 Å². The van der Waals surface area contributed by atoms with Crippen LogP contribution in [0.1, 0.15) is 52.0 Å². The van der Waals surface area contributed by atoms with Crippen molar-refractivity contribution in [2.75, 3.05) is 7.11 Å². The summed E-state index contributed by atoms with van der Waals surface area (Å²) in [4.78, 5) is 12.0. The number of benzene rings is 1. The molecular weight excluding hydrogens is 316 g/mol. The first-order valence-electron chi connectivity index (χ1n) is 8.95. The fraction of sp³-hybridized carbons (Fsp3) is 0.650. The van der Waals surface area contributed by atoms with Crippen molar-refractivity contribution in [1.82, 2.24) is 0 Å². The molecule has 0 N–H and O–H groups in total. The first-order valence-corrected chi connectivity index (χ1v) is 11.9. The van der Waals surface area contributed by atoms with Crippen molar-refractivity contribution >= 4 is 14.3 Å². The van der Waals surface area contributed by atoms with Crippen LogP contribution >= 0.6 is 0 Å². The quantitative estimate of drug-likeness (QED) is 0.537. The number of esters is 1. The van der Waals surface area contributed by atoms with E-state index >= 15 is 0 Å². The lowest BCUT2D eigenvalue weighted by Crippen LogP contribution is -2.50. The van der Waals surface area contributed by atoms with Crippen molar-refractivity contribution < 1.29 is 14.0 Å². The number of hydrogen-bond donors (Lipinski definition) is 0. The molecule has 0 radical (unpaired) electrons. The highest BCUT2D eigenvalue weighted by atomic mass is 28.4. The van der Waals surface area contributed by atoms with E-state index in [4.69, 9.17) is 9.16 Å². The molecule has 24 heavy (non-hydrogen) atoms. The number of hydrogen-bond acceptors (Lipinski definition) is 3. The normalized spacial score (nSPS) is 24.8. The lowest BCUT2D eigenvalue weighted by molar-refractivity contribution is -0.143. The molecule has 2 atom stereocenters. The molecule has 3 nitrogen and oxygen atoms in total. The van der Waals surface area contributed by atoms with Crippen molar-refractivity contribution in [1.29, 1.82) is 0 Å². The molecule has 0 unspecified atom stereocenters. The van der Waals surface area contributed by atoms with Gasteiger partial charge in [-0.05, 0) is 43.0 Å². The topological polar surface area (TPSA) is 35.5 Å². The van der Waals surface area contributed by atoms with Gasteiger partial charge in [0.25, 0.3) is 0 Å². The lowest BCUT2D eigenvalue weighted by atomic mass is 9.82. The third-order valence-electron chi connectivity index (χ3n) is 5.91. The summed E-state index contributed by atoms with van der Waals surface area (Å²) < 4.78 is 12.0. The summed E-state index contributed by atoms with van der Waals surface area (Å²) in [7, 11) is -0.512. The summed E-state index contributed by atoms with van der Waals surface area (Å²) >= 11 is 0. The number of rotatable bonds is 5. The van der Waals surface area contributed by atoms with E-state index in [0.717, 1.165) is 19.3 Å². The highest BCUT2D eigenvalue weighted by Crippen LogP contribution is 2.52. The summed E-state index contributed by atoms with van der Waals surface area (Å²) in [6, 6.07) is 10.5. The van der Waals surface area contributed by atoms with Gasteiger partial charge in [0.2, 0.25) is 0 Å². The Morgan fingerprint density at radius 3 is 2.42 bits per heavy atom. The summed E-state index contributed by atoms with van der Waals surface area (Å²) in [5, 5.41) is 0.132. The zero-order valence-electron chi connectivity index (χ0n) is 16.0. The van der Waals surface area contributed by atoms with E-state index < -0.39 is 8.32 Å². The van der Waals surface area contributed by atoms with Crippen LogP contribution in [0.4, 0.5) is 0 Å². The molecule has 0 saturated heterocycles. The second-order valence-corrected chi connectivity index (χ2v) is 13.2. The van der Waals surface area contributed by atoms with Crippen molar-refractivity contribution in [3.8, 4) is 0 Å². The fourth-order valence-corrected chi connectivity index (χ4v) is 5.11. The maximum absolute atomic E-state index is 12.0. The Bertz CT molecular complexity index is 562. The van der Waals surface area contributed by atoms with Crippen LogP contribution in [-0.2, 0) is 19.6 Å². The van der Waals surface area contributed by atoms with Crippen LogP contribution in [0.3, 0.4) is 0 Å². The van der Waals surface area contributed by atoms with Gasteiger partial charge < -0.3 is 9.16 Å². The highest BCUT2D eigenvalue weighted by molar-refractivity contribution is 6.74. The SMILES string of the molecule is COC(=O)C[C@@H]1CCC[C@]1(O[Si](C)(C)C(C)(C)C)c1ccccc1. The number of carbonyl (C=O) groups excluding carboxylic acids is 1. The molecule has 1 aromatic carbocycles. The zero-order chi connectivity index (χ0) is 18.0. The van der Waals surface area contributed by atoms with Gasteiger partial charge in [0, 0.05) is 5.92 Å². The predicted octanol–water partition coefficient (Wildman–Crippen LogP) is 5.27. The molecule has 4 heteroatoms. The van der Waals surface area contributed by atoms with Gasteiger partial charge in [-0.2, -0.15) is 0 Å². The minimum Gasteiger partial charge on any atom is -0.469 e. The second-order valence-electron chi connectivity index (χ2n) is 8.49. The minimum absolute atomic E-state index is 0.132. The summed E-state index contributed by atoms with van der Waals surface area (Å²) in [6.45, 7) is 11.4. The van der Waals surface area contributed by atoms with Crippen LogP contribution < -0.4 is 0 Å². The van der Waals surface area contributed by atoms with Gasteiger partial charge in [0.05, 0.1) is 19.1 Å². The van der Waals surface area contributed by atoms with Crippen molar-refractivity contribution in [3.63, 3.8) is 0 Å². The van der Waals surface area contributed by atoms with E-state index in [1.165, 1.54) is 12.7 Å². The van der Waals surface area contributed by atoms with Gasteiger partial charge in [-0.3, -0.25) is 4.79 Å². The molecule has 0 aromatic heterocycles. The number of carbonyl (C=O) groups is 1. The van der Waals surface area contributed by atoms with Gasteiger partial charge in [-0.15, -0.1) is 0 Å². The molecule has 0 bridgehead atoms. The van der Waals surface area contributed by atoms with Gasteiger partial charge >= 0.3 is 5.97 Å². The van der Waals surface area contributed by atoms with E-state index in [9.17, 15) is 4.79 Å². The first-order chi connectivity index (χ1) is 11.1. The molecule has 0 amide bonds. The standard InChI is InChI=1S/C20H32O3Si/c1-19(2,3)24(5,6)23-20(16-11-8-7-9-12-16)14-10-13-17(20)15-18(21)22-4/h7-9,11-12,17H,10,13-15H2,1-6H3/t17-,20-/m0/s1. The molecule has 0 heterocycles. The second kappa shape index (κ2) is 7.01. The number of ether oxygens (including phenoxy) is 1. The van der Waals surface area contributed by atoms with E-state index in [1.807, 2.05) is 6.07 Å². The number of methoxy groups -OCH3 is 1. The van der Waals surface area contributed by atoms with Gasteiger partial charge in [0.1, 0.15) is 0 Å². The molecule has 134 valence electrons. The summed E-state index contributed by atoms with van der Waals surface area (Å²) in [5.74, 6) is 0.0440. The average Bonchev–Trinajstić information content (AvgIpc) is 2.90. The van der Waals surface area contributed by atoms with Crippen molar-refractivity contribution in [2.24, 2.45) is 5.92 Å². The highest BCUT2D eigenvalue weighted by Gasteiger charge is 2.52. The lowest BCUT2D eigenvalue weighted by Gasteiger charge is -2.47. The molecular formula is C20H32O3Si. The molecule has 1 aliphatic carbocycles. The van der Waals surface area contributed by atoms with Crippen LogP contribution in [0, 0.1) is 5.92 Å². The first kappa shape index (κ1) is 19.2. The van der Waals surface area contributed by atoms with Crippen LogP contribution in [0.2, 0.25) is 18.1 Å². The molecule has 2 rings (SSSR count). The van der Waals surface area contributed by atoms with Crippen LogP contribution in [-0.4, -0.2) is 21.4 Å². The van der Waals surface area contributed by atoms with E-state index in [0.29, 0.717) is 6.42 Å². The Morgan fingerprint density at radius 2 is 1.88 bits per heavy atom. The molecule has 0 spiro atoms. The maximum Gasteiger partial charge on any atom is 0.305 e. The van der Waals surface area contributed by atoms with Gasteiger partial charge in [-0.25, -0.2) is 0 Å². The Hall–Kier alpha value is -1.13. The summed E-state index contributed by atoms with van der Waals surface area (Å²) in [5.41, 5.74) is 0.847. The van der Waals surface area contributed by atoms with Crippen molar-refractivity contribution in [2.45, 2.75) is 70.2 Å². The monoisotopic (exact) mass is 348 g/mol.